The zero-order chi connectivity index (χ0) is 19.0. The van der Waals surface area contributed by atoms with Gasteiger partial charge in [-0.25, -0.2) is 0 Å². The summed E-state index contributed by atoms with van der Waals surface area (Å²) >= 11 is 0. The monoisotopic (exact) mass is 424 g/mol. The Hall–Kier alpha value is 1.30. The van der Waals surface area contributed by atoms with Crippen LogP contribution in [-0.2, 0) is 27.2 Å². The predicted molar refractivity (Wildman–Crippen MR) is 105 cm³/mol. The summed E-state index contributed by atoms with van der Waals surface area (Å²) in [5.74, 6) is -0.305. The summed E-state index contributed by atoms with van der Waals surface area (Å²) in [6, 6.07) is 0. The van der Waals surface area contributed by atoms with Crippen molar-refractivity contribution < 1.29 is 58.2 Å². The molecular formula is C17H39NaO6P2. The molecule has 0 aromatic rings. The Bertz CT molecular complexity index is 351. The Balaban J connectivity index is -0.00000288. The summed E-state index contributed by atoms with van der Waals surface area (Å²) < 4.78 is 48.2. The number of rotatable bonds is 18. The van der Waals surface area contributed by atoms with E-state index >= 15 is 0 Å². The maximum absolute atomic E-state index is 13.1. The van der Waals surface area contributed by atoms with Gasteiger partial charge in [0.1, 0.15) is 0 Å². The molecule has 9 heteroatoms. The summed E-state index contributed by atoms with van der Waals surface area (Å²) in [5, 5.41) is 0. The quantitative estimate of drug-likeness (QED) is 0.190. The minimum absolute atomic E-state index is 0. The summed E-state index contributed by atoms with van der Waals surface area (Å²) in [5.41, 5.74) is 0. The van der Waals surface area contributed by atoms with Crippen molar-refractivity contribution >= 4 is 15.2 Å². The van der Waals surface area contributed by atoms with Crippen molar-refractivity contribution in [3.8, 4) is 0 Å². The SMILES string of the molecule is CCCCOP(=O)(CP(=O)(OCCCC)OCCCC)OCCCC.[H-].[Na+]. The number of hydrogen-bond acceptors (Lipinski definition) is 6. The third kappa shape index (κ3) is 15.2. The third-order valence-corrected chi connectivity index (χ3v) is 8.57. The Morgan fingerprint density at radius 1 is 0.577 bits per heavy atom. The average Bonchev–Trinajstić information content (AvgIpc) is 2.56. The van der Waals surface area contributed by atoms with Crippen LogP contribution >= 0.6 is 15.2 Å². The molecule has 0 unspecified atom stereocenters. The van der Waals surface area contributed by atoms with Crippen molar-refractivity contribution in [1.82, 2.24) is 0 Å². The molecule has 0 bridgehead atoms. The predicted octanol–water partition coefficient (Wildman–Crippen LogP) is 3.71. The second kappa shape index (κ2) is 18.3. The standard InChI is InChI=1S/C17H38O6P2.Na.H/c1-5-9-13-20-24(18,21-14-10-6-2)17-25(19,22-15-11-7-3)23-16-12-8-4;;/h5-17H2,1-4H3;;/q;+1;-1. The third-order valence-electron chi connectivity index (χ3n) is 3.49. The van der Waals surface area contributed by atoms with Crippen LogP contribution in [0.15, 0.2) is 0 Å². The normalized spacial score (nSPS) is 12.2. The molecular weight excluding hydrogens is 385 g/mol. The van der Waals surface area contributed by atoms with E-state index in [1.165, 1.54) is 0 Å². The van der Waals surface area contributed by atoms with E-state index in [0.29, 0.717) is 26.4 Å². The molecule has 0 amide bonds. The molecule has 0 aromatic heterocycles. The second-order valence-corrected chi connectivity index (χ2v) is 10.7. The molecule has 0 heterocycles. The van der Waals surface area contributed by atoms with E-state index < -0.39 is 15.2 Å². The van der Waals surface area contributed by atoms with Crippen LogP contribution in [-0.4, -0.2) is 32.3 Å². The van der Waals surface area contributed by atoms with Crippen LogP contribution in [0.1, 0.15) is 80.5 Å². The minimum Gasteiger partial charge on any atom is -1.00 e. The van der Waals surface area contributed by atoms with Gasteiger partial charge in [-0.05, 0) is 25.7 Å². The molecule has 0 radical (unpaired) electrons. The second-order valence-electron chi connectivity index (χ2n) is 6.11. The molecule has 0 aliphatic heterocycles. The number of hydrogen-bond donors (Lipinski definition) is 0. The van der Waals surface area contributed by atoms with Crippen LogP contribution in [0.2, 0.25) is 0 Å². The fourth-order valence-electron chi connectivity index (χ4n) is 1.84. The average molecular weight is 424 g/mol. The molecule has 0 saturated heterocycles. The van der Waals surface area contributed by atoms with Crippen LogP contribution in [0, 0.1) is 0 Å². The van der Waals surface area contributed by atoms with Gasteiger partial charge in [-0.2, -0.15) is 0 Å². The van der Waals surface area contributed by atoms with E-state index in [0.717, 1.165) is 51.4 Å². The zero-order valence-corrected chi connectivity index (χ0v) is 21.3. The van der Waals surface area contributed by atoms with Crippen LogP contribution in [0.25, 0.3) is 0 Å². The summed E-state index contributed by atoms with van der Waals surface area (Å²) in [4.78, 5) is 0. The van der Waals surface area contributed by atoms with E-state index in [4.69, 9.17) is 18.1 Å². The largest absolute Gasteiger partial charge is 1.00 e. The van der Waals surface area contributed by atoms with Gasteiger partial charge < -0.3 is 19.5 Å². The van der Waals surface area contributed by atoms with E-state index in [-0.39, 0.29) is 36.9 Å². The van der Waals surface area contributed by atoms with Crippen molar-refractivity contribution in [2.45, 2.75) is 79.1 Å². The smallest absolute Gasteiger partial charge is 1.00 e. The molecule has 0 aromatic carbocycles. The Kier molecular flexibility index (Phi) is 20.8. The maximum Gasteiger partial charge on any atom is 1.00 e. The van der Waals surface area contributed by atoms with Crippen molar-refractivity contribution in [3.63, 3.8) is 0 Å². The topological polar surface area (TPSA) is 71.1 Å². The first-order valence-corrected chi connectivity index (χ1v) is 13.2. The molecule has 0 rings (SSSR count). The zero-order valence-electron chi connectivity index (χ0n) is 18.5. The van der Waals surface area contributed by atoms with E-state index in [1.54, 1.807) is 0 Å². The Labute approximate surface area is 184 Å². The van der Waals surface area contributed by atoms with Gasteiger partial charge in [0.05, 0.1) is 26.4 Å². The Morgan fingerprint density at radius 3 is 1.00 bits per heavy atom. The Morgan fingerprint density at radius 2 is 0.808 bits per heavy atom. The van der Waals surface area contributed by atoms with Crippen LogP contribution in [0.4, 0.5) is 0 Å². The van der Waals surface area contributed by atoms with Gasteiger partial charge in [-0.1, -0.05) is 53.4 Å². The number of unbranched alkanes of at least 4 members (excludes halogenated alkanes) is 4. The van der Waals surface area contributed by atoms with Gasteiger partial charge in [0.2, 0.25) is 0 Å². The molecule has 0 N–H and O–H groups in total. The maximum atomic E-state index is 13.1. The fraction of sp³-hybridized carbons (Fsp3) is 1.00. The van der Waals surface area contributed by atoms with Gasteiger partial charge in [-0.3, -0.25) is 9.13 Å². The first-order valence-electron chi connectivity index (χ1n) is 9.71. The van der Waals surface area contributed by atoms with Crippen molar-refractivity contribution in [1.29, 1.82) is 0 Å². The van der Waals surface area contributed by atoms with Crippen LogP contribution in [0.3, 0.4) is 0 Å². The van der Waals surface area contributed by atoms with Crippen LogP contribution in [0.5, 0.6) is 0 Å². The molecule has 0 atom stereocenters. The van der Waals surface area contributed by atoms with E-state index in [1.807, 2.05) is 27.7 Å². The summed E-state index contributed by atoms with van der Waals surface area (Å²) in [6.07, 6.45) is 6.80. The molecule has 0 aliphatic rings. The van der Waals surface area contributed by atoms with Crippen molar-refractivity contribution in [3.05, 3.63) is 0 Å². The van der Waals surface area contributed by atoms with Gasteiger partial charge in [0.15, 0.2) is 5.90 Å². The first kappa shape index (κ1) is 29.5. The van der Waals surface area contributed by atoms with Crippen molar-refractivity contribution in [2.24, 2.45) is 0 Å². The van der Waals surface area contributed by atoms with E-state index in [9.17, 15) is 9.13 Å². The molecule has 26 heavy (non-hydrogen) atoms. The minimum atomic E-state index is -3.51. The van der Waals surface area contributed by atoms with E-state index in [2.05, 4.69) is 0 Å². The molecule has 0 fully saturated rings. The van der Waals surface area contributed by atoms with Crippen molar-refractivity contribution in [2.75, 3.05) is 32.3 Å². The van der Waals surface area contributed by atoms with Gasteiger partial charge in [-0.15, -0.1) is 0 Å². The fourth-order valence-corrected chi connectivity index (χ4v) is 6.62. The molecule has 0 aliphatic carbocycles. The summed E-state index contributed by atoms with van der Waals surface area (Å²) in [6.45, 7) is 9.40. The van der Waals surface area contributed by atoms with Gasteiger partial charge in [0, 0.05) is 0 Å². The van der Waals surface area contributed by atoms with Crippen LogP contribution < -0.4 is 29.6 Å². The first-order chi connectivity index (χ1) is 11.9. The molecule has 6 nitrogen and oxygen atoms in total. The molecule has 0 spiro atoms. The van der Waals surface area contributed by atoms with Gasteiger partial charge in [0.25, 0.3) is 0 Å². The molecule has 0 saturated carbocycles. The summed E-state index contributed by atoms with van der Waals surface area (Å²) in [7, 11) is -7.02. The van der Waals surface area contributed by atoms with Gasteiger partial charge >= 0.3 is 44.7 Å². The molecule has 154 valence electrons.